The molecule has 0 aliphatic heterocycles. The monoisotopic (exact) mass is 400 g/mol. The van der Waals surface area contributed by atoms with Gasteiger partial charge in [-0.2, -0.15) is 13.2 Å². The predicted molar refractivity (Wildman–Crippen MR) is 110 cm³/mol. The molecule has 0 heterocycles. The second-order valence-electron chi connectivity index (χ2n) is 7.07. The van der Waals surface area contributed by atoms with Crippen LogP contribution in [-0.2, 0) is 6.18 Å². The number of amides is 1. The van der Waals surface area contributed by atoms with E-state index in [4.69, 9.17) is 0 Å². The van der Waals surface area contributed by atoms with Gasteiger partial charge in [0.25, 0.3) is 5.91 Å². The third kappa shape index (κ3) is 4.70. The molecule has 0 unspecified atom stereocenters. The molecule has 0 bridgehead atoms. The highest BCUT2D eigenvalue weighted by atomic mass is 19.4. The molecule has 0 saturated heterocycles. The summed E-state index contributed by atoms with van der Waals surface area (Å²) in [7, 11) is 0. The lowest BCUT2D eigenvalue weighted by Crippen LogP contribution is -2.26. The quantitative estimate of drug-likeness (QED) is 0.544. The van der Waals surface area contributed by atoms with Crippen molar-refractivity contribution in [2.24, 2.45) is 0 Å². The van der Waals surface area contributed by atoms with Gasteiger partial charge in [-0.25, -0.2) is 0 Å². The van der Waals surface area contributed by atoms with Gasteiger partial charge >= 0.3 is 6.18 Å². The van der Waals surface area contributed by atoms with E-state index in [-0.39, 0.29) is 11.9 Å². The van der Waals surface area contributed by atoms with Gasteiger partial charge in [0, 0.05) is 17.8 Å². The maximum Gasteiger partial charge on any atom is 0.416 e. The highest BCUT2D eigenvalue weighted by Crippen LogP contribution is 2.31. The van der Waals surface area contributed by atoms with E-state index >= 15 is 0 Å². The average Bonchev–Trinajstić information content (AvgIpc) is 2.68. The molecule has 1 amide bonds. The molecule has 3 rings (SSSR count). The maximum atomic E-state index is 12.9. The van der Waals surface area contributed by atoms with Crippen molar-refractivity contribution in [1.82, 2.24) is 5.32 Å². The van der Waals surface area contributed by atoms with Crippen LogP contribution >= 0.6 is 0 Å². The third-order valence-electron chi connectivity index (χ3n) is 4.90. The van der Waals surface area contributed by atoms with Crippen molar-refractivity contribution in [2.75, 3.05) is 11.9 Å². The average molecular weight is 400 g/mol. The van der Waals surface area contributed by atoms with E-state index in [9.17, 15) is 18.0 Å². The number of carbonyl (C=O) groups excluding carboxylic acids is 1. The van der Waals surface area contributed by atoms with Crippen LogP contribution in [0.4, 0.5) is 18.9 Å². The van der Waals surface area contributed by atoms with Crippen molar-refractivity contribution in [3.63, 3.8) is 0 Å². The Bertz CT molecular complexity index is 1040. The van der Waals surface area contributed by atoms with Crippen LogP contribution in [0.25, 0.3) is 10.8 Å². The topological polar surface area (TPSA) is 41.1 Å². The van der Waals surface area contributed by atoms with E-state index in [1.54, 1.807) is 18.2 Å². The van der Waals surface area contributed by atoms with Gasteiger partial charge in [0.05, 0.1) is 11.6 Å². The molecule has 0 fully saturated rings. The van der Waals surface area contributed by atoms with Crippen LogP contribution in [0, 0.1) is 6.92 Å². The molecule has 0 spiro atoms. The number of aryl methyl sites for hydroxylation is 1. The first-order chi connectivity index (χ1) is 13.7. The molecular formula is C23H23F3N2O. The lowest BCUT2D eigenvalue weighted by Gasteiger charge is -2.17. The van der Waals surface area contributed by atoms with Crippen molar-refractivity contribution in [1.29, 1.82) is 0 Å². The Morgan fingerprint density at radius 3 is 2.34 bits per heavy atom. The zero-order valence-corrected chi connectivity index (χ0v) is 16.5. The van der Waals surface area contributed by atoms with Crippen molar-refractivity contribution in [2.45, 2.75) is 33.0 Å². The number of halogens is 3. The summed E-state index contributed by atoms with van der Waals surface area (Å²) in [6.45, 7) is 6.77. The molecule has 0 saturated carbocycles. The number of benzene rings is 3. The third-order valence-corrected chi connectivity index (χ3v) is 4.90. The number of alkyl halides is 3. The molecule has 152 valence electrons. The summed E-state index contributed by atoms with van der Waals surface area (Å²) in [5.74, 6) is -0.271. The fourth-order valence-electron chi connectivity index (χ4n) is 3.27. The first-order valence-electron chi connectivity index (χ1n) is 9.45. The van der Waals surface area contributed by atoms with Crippen molar-refractivity contribution in [3.8, 4) is 0 Å². The smallest absolute Gasteiger partial charge is 0.385 e. The fourth-order valence-corrected chi connectivity index (χ4v) is 3.27. The Morgan fingerprint density at radius 1 is 1.00 bits per heavy atom. The summed E-state index contributed by atoms with van der Waals surface area (Å²) in [6.07, 6.45) is -4.39. The molecule has 3 nitrogen and oxygen atoms in total. The Balaban J connectivity index is 1.77. The van der Waals surface area contributed by atoms with Crippen LogP contribution in [0.2, 0.25) is 0 Å². The van der Waals surface area contributed by atoms with Gasteiger partial charge in [-0.1, -0.05) is 24.3 Å². The molecule has 1 atom stereocenters. The number of rotatable bonds is 5. The Labute approximate surface area is 167 Å². The predicted octanol–water partition coefficient (Wildman–Crippen LogP) is 6.09. The van der Waals surface area contributed by atoms with E-state index in [0.29, 0.717) is 16.3 Å². The van der Waals surface area contributed by atoms with E-state index in [1.807, 2.05) is 39.0 Å². The first-order valence-corrected chi connectivity index (χ1v) is 9.45. The zero-order chi connectivity index (χ0) is 21.2. The molecule has 0 aliphatic rings. The highest BCUT2D eigenvalue weighted by molar-refractivity contribution is 5.98. The minimum absolute atomic E-state index is 0.208. The molecule has 0 radical (unpaired) electrons. The number of carbonyl (C=O) groups is 1. The summed E-state index contributed by atoms with van der Waals surface area (Å²) in [5.41, 5.74) is 2.84. The van der Waals surface area contributed by atoms with Crippen molar-refractivity contribution >= 4 is 22.4 Å². The fraction of sp³-hybridized carbons (Fsp3) is 0.261. The van der Waals surface area contributed by atoms with Gasteiger partial charge < -0.3 is 10.6 Å². The van der Waals surface area contributed by atoms with Crippen LogP contribution in [0.3, 0.4) is 0 Å². The van der Waals surface area contributed by atoms with Gasteiger partial charge in [-0.05, 0) is 73.0 Å². The highest BCUT2D eigenvalue weighted by Gasteiger charge is 2.30. The first kappa shape index (κ1) is 20.7. The number of hydrogen-bond donors (Lipinski definition) is 2. The Kier molecular flexibility index (Phi) is 5.82. The van der Waals surface area contributed by atoms with Gasteiger partial charge in [-0.3, -0.25) is 4.79 Å². The SMILES string of the molecule is CCNc1ccc([C@@H](C)NC(=O)c2ccc3cc(C(F)(F)F)ccc3c2)cc1C. The number of nitrogens with one attached hydrogen (secondary N) is 2. The number of anilines is 1. The Hall–Kier alpha value is -3.02. The largest absolute Gasteiger partial charge is 0.416 e. The lowest BCUT2D eigenvalue weighted by molar-refractivity contribution is -0.137. The summed E-state index contributed by atoms with van der Waals surface area (Å²) in [6, 6.07) is 14.0. The van der Waals surface area contributed by atoms with E-state index in [1.165, 1.54) is 6.07 Å². The van der Waals surface area contributed by atoms with Gasteiger partial charge in [-0.15, -0.1) is 0 Å². The molecule has 0 aliphatic carbocycles. The summed E-state index contributed by atoms with van der Waals surface area (Å²) < 4.78 is 38.6. The summed E-state index contributed by atoms with van der Waals surface area (Å²) in [5, 5.41) is 7.26. The number of fused-ring (bicyclic) bond motifs is 1. The van der Waals surface area contributed by atoms with Crippen LogP contribution in [0.5, 0.6) is 0 Å². The molecular weight excluding hydrogens is 377 g/mol. The maximum absolute atomic E-state index is 12.9. The molecule has 3 aromatic rings. The lowest BCUT2D eigenvalue weighted by atomic mass is 10.0. The van der Waals surface area contributed by atoms with E-state index in [2.05, 4.69) is 10.6 Å². The molecule has 6 heteroatoms. The Morgan fingerprint density at radius 2 is 1.69 bits per heavy atom. The second kappa shape index (κ2) is 8.15. The molecule has 29 heavy (non-hydrogen) atoms. The number of hydrogen-bond acceptors (Lipinski definition) is 2. The van der Waals surface area contributed by atoms with Gasteiger partial charge in [0.2, 0.25) is 0 Å². The molecule has 0 aromatic heterocycles. The van der Waals surface area contributed by atoms with Crippen LogP contribution in [0.1, 0.15) is 46.9 Å². The summed E-state index contributed by atoms with van der Waals surface area (Å²) in [4.78, 5) is 12.6. The standard InChI is InChI=1S/C23H23F3N2O/c1-4-27-21-10-8-16(11-14(21)2)15(3)28-22(29)19-6-5-18-13-20(23(24,25)26)9-7-17(18)12-19/h5-13,15,27H,4H2,1-3H3,(H,28,29)/t15-/m1/s1. The van der Waals surface area contributed by atoms with Crippen LogP contribution in [-0.4, -0.2) is 12.5 Å². The van der Waals surface area contributed by atoms with Gasteiger partial charge in [0.15, 0.2) is 0 Å². The second-order valence-corrected chi connectivity index (χ2v) is 7.07. The van der Waals surface area contributed by atoms with Crippen molar-refractivity contribution in [3.05, 3.63) is 76.9 Å². The van der Waals surface area contributed by atoms with Crippen LogP contribution < -0.4 is 10.6 Å². The summed E-state index contributed by atoms with van der Waals surface area (Å²) >= 11 is 0. The van der Waals surface area contributed by atoms with Crippen LogP contribution in [0.15, 0.2) is 54.6 Å². The van der Waals surface area contributed by atoms with E-state index in [0.717, 1.165) is 35.5 Å². The van der Waals surface area contributed by atoms with Crippen molar-refractivity contribution < 1.29 is 18.0 Å². The minimum atomic E-state index is -4.39. The normalized spacial score (nSPS) is 12.6. The minimum Gasteiger partial charge on any atom is -0.385 e. The molecule has 3 aromatic carbocycles. The van der Waals surface area contributed by atoms with Gasteiger partial charge in [0.1, 0.15) is 0 Å². The van der Waals surface area contributed by atoms with E-state index < -0.39 is 11.7 Å². The zero-order valence-electron chi connectivity index (χ0n) is 16.5. The molecule has 2 N–H and O–H groups in total.